The molecule has 0 saturated heterocycles. The van der Waals surface area contributed by atoms with Gasteiger partial charge in [0.1, 0.15) is 18.2 Å². The van der Waals surface area contributed by atoms with Crippen LogP contribution in [0.4, 0.5) is 4.39 Å². The quantitative estimate of drug-likeness (QED) is 0.413. The fourth-order valence-electron chi connectivity index (χ4n) is 2.73. The van der Waals surface area contributed by atoms with Crippen LogP contribution in [0, 0.1) is 5.82 Å². The van der Waals surface area contributed by atoms with Crippen LogP contribution < -0.4 is 4.74 Å². The van der Waals surface area contributed by atoms with E-state index in [0.717, 1.165) is 11.1 Å². The maximum atomic E-state index is 13.3. The molecular formula is C23H21FO4. The first-order valence-corrected chi connectivity index (χ1v) is 8.90. The van der Waals surface area contributed by atoms with E-state index < -0.39 is 5.97 Å². The predicted octanol–water partition coefficient (Wildman–Crippen LogP) is 4.87. The van der Waals surface area contributed by atoms with Gasteiger partial charge >= 0.3 is 5.97 Å². The third-order valence-electron chi connectivity index (χ3n) is 4.15. The Morgan fingerprint density at radius 2 is 1.68 bits per heavy atom. The molecule has 0 aliphatic heterocycles. The second kappa shape index (κ2) is 9.67. The van der Waals surface area contributed by atoms with Crippen LogP contribution in [0.25, 0.3) is 11.1 Å². The van der Waals surface area contributed by atoms with Crippen molar-refractivity contribution in [3.05, 3.63) is 89.7 Å². The molecular weight excluding hydrogens is 359 g/mol. The van der Waals surface area contributed by atoms with Crippen LogP contribution >= 0.6 is 0 Å². The molecule has 3 aromatic carbocycles. The highest BCUT2D eigenvalue weighted by molar-refractivity contribution is 5.92. The van der Waals surface area contributed by atoms with Crippen LogP contribution in [0.3, 0.4) is 0 Å². The van der Waals surface area contributed by atoms with Crippen molar-refractivity contribution in [1.29, 1.82) is 0 Å². The molecule has 0 unspecified atom stereocenters. The lowest BCUT2D eigenvalue weighted by Crippen LogP contribution is -2.08. The molecule has 0 atom stereocenters. The number of hydrogen-bond acceptors (Lipinski definition) is 4. The molecule has 0 fully saturated rings. The normalized spacial score (nSPS) is 10.5. The van der Waals surface area contributed by atoms with E-state index in [1.807, 2.05) is 30.3 Å². The Labute approximate surface area is 163 Å². The molecule has 0 heterocycles. The highest BCUT2D eigenvalue weighted by atomic mass is 19.1. The van der Waals surface area contributed by atoms with Crippen LogP contribution in [-0.4, -0.2) is 26.3 Å². The van der Waals surface area contributed by atoms with E-state index in [2.05, 4.69) is 0 Å². The molecule has 0 amide bonds. The summed E-state index contributed by atoms with van der Waals surface area (Å²) in [5, 5.41) is 0. The Balaban J connectivity index is 1.68. The van der Waals surface area contributed by atoms with E-state index >= 15 is 0 Å². The Morgan fingerprint density at radius 3 is 2.39 bits per heavy atom. The summed E-state index contributed by atoms with van der Waals surface area (Å²) in [5.41, 5.74) is 2.92. The van der Waals surface area contributed by atoms with E-state index in [1.54, 1.807) is 30.3 Å². The maximum absolute atomic E-state index is 13.3. The van der Waals surface area contributed by atoms with Crippen molar-refractivity contribution >= 4 is 5.97 Å². The summed E-state index contributed by atoms with van der Waals surface area (Å²) < 4.78 is 29.5. The van der Waals surface area contributed by atoms with Crippen molar-refractivity contribution < 1.29 is 23.4 Å². The van der Waals surface area contributed by atoms with Gasteiger partial charge in [0.25, 0.3) is 0 Å². The van der Waals surface area contributed by atoms with Gasteiger partial charge in [-0.2, -0.15) is 0 Å². The monoisotopic (exact) mass is 380 g/mol. The molecule has 5 heteroatoms. The Bertz CT molecular complexity index is 908. The lowest BCUT2D eigenvalue weighted by molar-refractivity contribution is 0.0600. The highest BCUT2D eigenvalue weighted by Gasteiger charge is 2.13. The molecule has 0 aliphatic carbocycles. The lowest BCUT2D eigenvalue weighted by Gasteiger charge is -2.13. The first-order chi connectivity index (χ1) is 13.7. The summed E-state index contributed by atoms with van der Waals surface area (Å²) in [5.74, 6) is -0.187. The van der Waals surface area contributed by atoms with E-state index in [1.165, 1.54) is 19.2 Å². The molecule has 144 valence electrons. The summed E-state index contributed by atoms with van der Waals surface area (Å²) in [6.07, 6.45) is 0. The van der Waals surface area contributed by atoms with Gasteiger partial charge in [0.2, 0.25) is 0 Å². The number of ether oxygens (including phenoxy) is 3. The number of carbonyl (C=O) groups is 1. The predicted molar refractivity (Wildman–Crippen MR) is 105 cm³/mol. The van der Waals surface area contributed by atoms with Gasteiger partial charge in [-0.3, -0.25) is 0 Å². The molecule has 4 nitrogen and oxygen atoms in total. The number of esters is 1. The van der Waals surface area contributed by atoms with Gasteiger partial charge in [-0.05, 0) is 41.5 Å². The maximum Gasteiger partial charge on any atom is 0.337 e. The van der Waals surface area contributed by atoms with E-state index in [4.69, 9.17) is 14.2 Å². The Morgan fingerprint density at radius 1 is 0.929 bits per heavy atom. The topological polar surface area (TPSA) is 44.8 Å². The fraction of sp³-hybridized carbons (Fsp3) is 0.174. The van der Waals surface area contributed by atoms with Gasteiger partial charge in [0, 0.05) is 5.56 Å². The fourth-order valence-corrected chi connectivity index (χ4v) is 2.73. The Kier molecular flexibility index (Phi) is 6.76. The van der Waals surface area contributed by atoms with Crippen LogP contribution in [-0.2, 0) is 16.1 Å². The average molecular weight is 380 g/mol. The zero-order valence-corrected chi connectivity index (χ0v) is 15.6. The van der Waals surface area contributed by atoms with Crippen molar-refractivity contribution in [2.24, 2.45) is 0 Å². The van der Waals surface area contributed by atoms with Crippen molar-refractivity contribution in [2.75, 3.05) is 20.3 Å². The molecule has 0 saturated carbocycles. The third-order valence-corrected chi connectivity index (χ3v) is 4.15. The molecule has 0 spiro atoms. The number of benzene rings is 3. The summed E-state index contributed by atoms with van der Waals surface area (Å²) >= 11 is 0. The first kappa shape index (κ1) is 19.6. The van der Waals surface area contributed by atoms with Crippen molar-refractivity contribution in [2.45, 2.75) is 6.61 Å². The van der Waals surface area contributed by atoms with Crippen LogP contribution in [0.2, 0.25) is 0 Å². The second-order valence-corrected chi connectivity index (χ2v) is 6.10. The first-order valence-electron chi connectivity index (χ1n) is 8.90. The van der Waals surface area contributed by atoms with E-state index in [-0.39, 0.29) is 5.82 Å². The Hall–Kier alpha value is -3.18. The second-order valence-electron chi connectivity index (χ2n) is 6.10. The molecule has 0 aliphatic rings. The summed E-state index contributed by atoms with van der Waals surface area (Å²) in [7, 11) is 1.33. The van der Waals surface area contributed by atoms with Gasteiger partial charge in [-0.25, -0.2) is 9.18 Å². The van der Waals surface area contributed by atoms with Gasteiger partial charge in [-0.1, -0.05) is 42.5 Å². The third kappa shape index (κ3) is 5.18. The highest BCUT2D eigenvalue weighted by Crippen LogP contribution is 2.31. The SMILES string of the molecule is COC(=O)c1ccc(OCCOCc2ccccc2)c(-c2ccc(F)cc2)c1. The smallest absolute Gasteiger partial charge is 0.337 e. The minimum absolute atomic E-state index is 0.329. The number of rotatable bonds is 8. The van der Waals surface area contributed by atoms with Gasteiger partial charge in [0.05, 0.1) is 25.9 Å². The van der Waals surface area contributed by atoms with Crippen molar-refractivity contribution in [3.8, 4) is 16.9 Å². The van der Waals surface area contributed by atoms with Gasteiger partial charge in [0.15, 0.2) is 0 Å². The van der Waals surface area contributed by atoms with Crippen LogP contribution in [0.5, 0.6) is 5.75 Å². The number of methoxy groups -OCH3 is 1. The van der Waals surface area contributed by atoms with Crippen LogP contribution in [0.15, 0.2) is 72.8 Å². The number of carbonyl (C=O) groups excluding carboxylic acids is 1. The number of hydrogen-bond donors (Lipinski definition) is 0. The van der Waals surface area contributed by atoms with Gasteiger partial charge < -0.3 is 14.2 Å². The summed E-state index contributed by atoms with van der Waals surface area (Å²) in [6.45, 7) is 1.27. The standard InChI is InChI=1S/C23H21FO4/c1-26-23(25)19-9-12-22(21(15-19)18-7-10-20(24)11-8-18)28-14-13-27-16-17-5-3-2-4-6-17/h2-12,15H,13-14,16H2,1H3. The average Bonchev–Trinajstić information content (AvgIpc) is 2.74. The largest absolute Gasteiger partial charge is 0.491 e. The molecule has 0 aromatic heterocycles. The van der Waals surface area contributed by atoms with E-state index in [9.17, 15) is 9.18 Å². The lowest BCUT2D eigenvalue weighted by atomic mass is 10.0. The molecule has 0 bridgehead atoms. The molecule has 28 heavy (non-hydrogen) atoms. The molecule has 0 radical (unpaired) electrons. The molecule has 3 rings (SSSR count). The zero-order chi connectivity index (χ0) is 19.8. The molecule has 3 aromatic rings. The minimum Gasteiger partial charge on any atom is -0.491 e. The minimum atomic E-state index is -0.443. The van der Waals surface area contributed by atoms with E-state index in [0.29, 0.717) is 36.7 Å². The van der Waals surface area contributed by atoms with Crippen molar-refractivity contribution in [3.63, 3.8) is 0 Å². The zero-order valence-electron chi connectivity index (χ0n) is 15.6. The van der Waals surface area contributed by atoms with Crippen LogP contribution in [0.1, 0.15) is 15.9 Å². The van der Waals surface area contributed by atoms with Crippen molar-refractivity contribution in [1.82, 2.24) is 0 Å². The number of halogens is 1. The molecule has 0 N–H and O–H groups in total. The van der Waals surface area contributed by atoms with Gasteiger partial charge in [-0.15, -0.1) is 0 Å². The summed E-state index contributed by atoms with van der Waals surface area (Å²) in [6, 6.07) is 20.9. The summed E-state index contributed by atoms with van der Waals surface area (Å²) in [4.78, 5) is 11.9.